The van der Waals surface area contributed by atoms with E-state index in [0.717, 1.165) is 40.6 Å². The predicted octanol–water partition coefficient (Wildman–Crippen LogP) is 5.14. The topological polar surface area (TPSA) is 139 Å². The van der Waals surface area contributed by atoms with Gasteiger partial charge in [-0.15, -0.1) is 0 Å². The summed E-state index contributed by atoms with van der Waals surface area (Å²) in [7, 11) is 1.55. The minimum Gasteiger partial charge on any atom is -0.480 e. The third kappa shape index (κ3) is 7.48. The van der Waals surface area contributed by atoms with Crippen LogP contribution in [-0.4, -0.2) is 58.5 Å². The van der Waals surface area contributed by atoms with Crippen molar-refractivity contribution in [3.05, 3.63) is 105 Å². The maximum atomic E-state index is 13.3. The number of methoxy groups -OCH3 is 1. The summed E-state index contributed by atoms with van der Waals surface area (Å²) in [6.45, 7) is 2.09. The molecule has 0 aliphatic carbocycles. The van der Waals surface area contributed by atoms with E-state index in [9.17, 15) is 14.4 Å². The number of hydrogen-bond acceptors (Lipinski definition) is 8. The maximum Gasteiger partial charge on any atom is 0.259 e. The second-order valence-corrected chi connectivity index (χ2v) is 13.5. The van der Waals surface area contributed by atoms with Gasteiger partial charge in [0.05, 0.1) is 29.0 Å². The highest BCUT2D eigenvalue weighted by Gasteiger charge is 2.22. The second kappa shape index (κ2) is 15.2. The molecule has 2 saturated heterocycles. The molecule has 7 rings (SSSR count). The fourth-order valence-electron chi connectivity index (χ4n) is 6.66. The molecule has 2 aromatic carbocycles. The van der Waals surface area contributed by atoms with Gasteiger partial charge in [-0.25, -0.2) is 4.98 Å². The Balaban J connectivity index is 1.10. The molecule has 0 spiro atoms. The first-order valence-corrected chi connectivity index (χ1v) is 17.7. The van der Waals surface area contributed by atoms with Gasteiger partial charge in [0.25, 0.3) is 5.56 Å². The molecule has 13 heteroatoms. The van der Waals surface area contributed by atoms with E-state index in [0.29, 0.717) is 77.5 Å². The van der Waals surface area contributed by atoms with Crippen LogP contribution >= 0.6 is 23.2 Å². The molecule has 2 atom stereocenters. The van der Waals surface area contributed by atoms with Crippen molar-refractivity contribution in [2.75, 3.05) is 20.2 Å². The molecule has 11 nitrogen and oxygen atoms in total. The summed E-state index contributed by atoms with van der Waals surface area (Å²) in [6, 6.07) is 19.3. The number of benzene rings is 2. The Morgan fingerprint density at radius 2 is 1.45 bits per heavy atom. The van der Waals surface area contributed by atoms with E-state index < -0.39 is 0 Å². The summed E-state index contributed by atoms with van der Waals surface area (Å²) in [5.41, 5.74) is 6.29. The Hall–Kier alpha value is -4.81. The van der Waals surface area contributed by atoms with Crippen LogP contribution in [-0.2, 0) is 22.7 Å². The van der Waals surface area contributed by atoms with Crippen LogP contribution in [0.5, 0.6) is 5.88 Å². The zero-order valence-electron chi connectivity index (χ0n) is 28.0. The van der Waals surface area contributed by atoms with Crippen molar-refractivity contribution in [2.45, 2.75) is 50.9 Å². The second-order valence-electron chi connectivity index (χ2n) is 12.8. The third-order valence-corrected chi connectivity index (χ3v) is 10.2. The van der Waals surface area contributed by atoms with E-state index in [1.54, 1.807) is 23.9 Å². The summed E-state index contributed by atoms with van der Waals surface area (Å²) in [5.74, 6) is 0.534. The largest absolute Gasteiger partial charge is 0.480 e. The number of halogens is 2. The van der Waals surface area contributed by atoms with Crippen LogP contribution < -0.4 is 31.6 Å². The molecule has 0 radical (unpaired) electrons. The summed E-state index contributed by atoms with van der Waals surface area (Å²) in [5, 5.41) is 13.5. The first-order chi connectivity index (χ1) is 24.8. The summed E-state index contributed by atoms with van der Waals surface area (Å²) >= 11 is 14.2. The number of hydrogen-bond donors (Lipinski definition) is 4. The highest BCUT2D eigenvalue weighted by molar-refractivity contribution is 6.39. The van der Waals surface area contributed by atoms with Crippen molar-refractivity contribution in [1.29, 1.82) is 0 Å². The fraction of sp³-hybridized carbons (Fsp3) is 0.289. The quantitative estimate of drug-likeness (QED) is 0.139. The van der Waals surface area contributed by atoms with Gasteiger partial charge < -0.3 is 26.0 Å². The molecular weight excluding hydrogens is 689 g/mol. The molecule has 2 fully saturated rings. The molecule has 262 valence electrons. The summed E-state index contributed by atoms with van der Waals surface area (Å²) in [4.78, 5) is 45.6. The molecule has 5 heterocycles. The minimum atomic E-state index is -0.103. The van der Waals surface area contributed by atoms with E-state index in [-0.39, 0.29) is 29.5 Å². The van der Waals surface area contributed by atoms with Crippen LogP contribution in [0.15, 0.2) is 77.9 Å². The number of aromatic nitrogens is 3. The Bertz CT molecular complexity index is 2190. The number of ether oxygens (including phenoxy) is 1. The number of fused-ring (bicyclic) bond motifs is 1. The Morgan fingerprint density at radius 3 is 2.10 bits per heavy atom. The molecular formula is C38H37Cl2N7O4. The van der Waals surface area contributed by atoms with E-state index in [4.69, 9.17) is 32.9 Å². The van der Waals surface area contributed by atoms with Crippen molar-refractivity contribution >= 4 is 40.5 Å². The van der Waals surface area contributed by atoms with Gasteiger partial charge in [0, 0.05) is 90.6 Å². The van der Waals surface area contributed by atoms with Crippen LogP contribution in [0.2, 0.25) is 10.0 Å². The van der Waals surface area contributed by atoms with Gasteiger partial charge in [-0.05, 0) is 36.6 Å². The normalized spacial score (nSPS) is 17.2. The number of carbonyl (C=O) groups excluding carboxylic acids is 2. The highest BCUT2D eigenvalue weighted by Crippen LogP contribution is 2.42. The van der Waals surface area contributed by atoms with Crippen molar-refractivity contribution < 1.29 is 14.3 Å². The van der Waals surface area contributed by atoms with Gasteiger partial charge in [-0.3, -0.25) is 23.8 Å². The van der Waals surface area contributed by atoms with Gasteiger partial charge in [0.15, 0.2) is 0 Å². The molecule has 4 N–H and O–H groups in total. The molecule has 0 saturated carbocycles. The van der Waals surface area contributed by atoms with Gasteiger partial charge in [0.2, 0.25) is 17.7 Å². The number of pyridine rings is 2. The average Bonchev–Trinajstić information content (AvgIpc) is 3.76. The van der Waals surface area contributed by atoms with Crippen molar-refractivity contribution in [3.8, 4) is 39.4 Å². The molecule has 2 aliphatic heterocycles. The van der Waals surface area contributed by atoms with E-state index in [2.05, 4.69) is 26.3 Å². The lowest BCUT2D eigenvalue weighted by Gasteiger charge is -2.15. The minimum absolute atomic E-state index is 0.0708. The Labute approximate surface area is 304 Å². The zero-order chi connectivity index (χ0) is 35.5. The number of nitrogens with zero attached hydrogens (tertiary/aromatic N) is 3. The van der Waals surface area contributed by atoms with Crippen molar-refractivity contribution in [3.63, 3.8) is 0 Å². The Morgan fingerprint density at radius 1 is 0.824 bits per heavy atom. The summed E-state index contributed by atoms with van der Waals surface area (Å²) in [6.07, 6.45) is 6.15. The predicted molar refractivity (Wildman–Crippen MR) is 198 cm³/mol. The SMILES string of the molecule is COc1nc(-c2cccc(-c3cccc(-c4ccn5c(=O)c(CNCC6CCC(=O)N6)ccc5c4)c3Cl)c2Cl)cnc1CNCC1CCC(=O)N1. The lowest BCUT2D eigenvalue weighted by atomic mass is 9.97. The van der Waals surface area contributed by atoms with Crippen LogP contribution in [0.1, 0.15) is 36.9 Å². The van der Waals surface area contributed by atoms with E-state index >= 15 is 0 Å². The Kier molecular flexibility index (Phi) is 10.3. The molecule has 2 amide bonds. The van der Waals surface area contributed by atoms with E-state index in [1.165, 1.54) is 0 Å². The lowest BCUT2D eigenvalue weighted by Crippen LogP contribution is -2.36. The number of amides is 2. The van der Waals surface area contributed by atoms with Crippen LogP contribution in [0.3, 0.4) is 0 Å². The first-order valence-electron chi connectivity index (χ1n) is 16.9. The van der Waals surface area contributed by atoms with Gasteiger partial charge in [-0.2, -0.15) is 0 Å². The molecule has 2 unspecified atom stereocenters. The fourth-order valence-corrected chi connectivity index (χ4v) is 7.33. The van der Waals surface area contributed by atoms with Crippen LogP contribution in [0, 0.1) is 0 Å². The maximum absolute atomic E-state index is 13.3. The third-order valence-electron chi connectivity index (χ3n) is 9.37. The standard InChI is InChI=1S/C38H37Cl2N7O4/c1-51-37-32(20-42-19-25-10-13-34(49)45-25)43-21-31(46-37)30-7-3-6-29(36(30)40)28-5-2-4-27(35(28)39)22-14-15-47-26(16-22)11-8-23(38(47)50)17-41-18-24-9-12-33(48)44-24/h2-8,11,14-16,21,24-25,41-42H,9-10,12-13,17-20H2,1H3,(H,44,48)(H,45,49). The van der Waals surface area contributed by atoms with Crippen LogP contribution in [0.25, 0.3) is 39.0 Å². The number of rotatable bonds is 12. The first kappa shape index (κ1) is 34.6. The molecule has 51 heavy (non-hydrogen) atoms. The van der Waals surface area contributed by atoms with Crippen molar-refractivity contribution in [2.24, 2.45) is 0 Å². The zero-order valence-corrected chi connectivity index (χ0v) is 29.5. The number of carbonyl (C=O) groups is 2. The molecule has 5 aromatic rings. The lowest BCUT2D eigenvalue weighted by molar-refractivity contribution is -0.120. The van der Waals surface area contributed by atoms with Crippen molar-refractivity contribution in [1.82, 2.24) is 35.6 Å². The van der Waals surface area contributed by atoms with Gasteiger partial charge in [0.1, 0.15) is 5.69 Å². The number of nitrogens with one attached hydrogen (secondary N) is 4. The smallest absolute Gasteiger partial charge is 0.259 e. The van der Waals surface area contributed by atoms with Crippen LogP contribution in [0.4, 0.5) is 0 Å². The average molecular weight is 727 g/mol. The molecule has 0 bridgehead atoms. The monoisotopic (exact) mass is 725 g/mol. The molecule has 3 aromatic heterocycles. The van der Waals surface area contributed by atoms with Gasteiger partial charge >= 0.3 is 0 Å². The summed E-state index contributed by atoms with van der Waals surface area (Å²) < 4.78 is 7.21. The van der Waals surface area contributed by atoms with E-state index in [1.807, 2.05) is 60.7 Å². The van der Waals surface area contributed by atoms with Gasteiger partial charge in [-0.1, -0.05) is 65.7 Å². The highest BCUT2D eigenvalue weighted by atomic mass is 35.5. The molecule has 2 aliphatic rings.